The minimum Gasteiger partial charge on any atom is -0.488 e. The summed E-state index contributed by atoms with van der Waals surface area (Å²) >= 11 is 0. The van der Waals surface area contributed by atoms with Crippen LogP contribution in [-0.2, 0) is 22.4 Å². The van der Waals surface area contributed by atoms with Gasteiger partial charge in [-0.05, 0) is 136 Å². The molecule has 1 saturated carbocycles. The lowest BCUT2D eigenvalue weighted by Gasteiger charge is -2.34. The van der Waals surface area contributed by atoms with Crippen LogP contribution < -0.4 is 19.9 Å². The largest absolute Gasteiger partial charge is 0.488 e. The smallest absolute Gasteiger partial charge is 0.262 e. The van der Waals surface area contributed by atoms with Crippen molar-refractivity contribution >= 4 is 46.0 Å². The molecule has 2 N–H and O–H groups in total. The van der Waals surface area contributed by atoms with E-state index in [0.717, 1.165) is 122 Å². The van der Waals surface area contributed by atoms with Crippen molar-refractivity contribution in [1.29, 1.82) is 0 Å². The number of carbonyl (C=O) groups is 4. The summed E-state index contributed by atoms with van der Waals surface area (Å²) in [4.78, 5) is 61.1. The maximum atomic E-state index is 13.3. The highest BCUT2D eigenvalue weighted by atomic mass is 16.5. The summed E-state index contributed by atoms with van der Waals surface area (Å²) in [6, 6.07) is 24.1. The Morgan fingerprint density at radius 1 is 0.746 bits per heavy atom. The molecule has 4 amide bonds. The van der Waals surface area contributed by atoms with Crippen molar-refractivity contribution in [3.63, 3.8) is 0 Å². The summed E-state index contributed by atoms with van der Waals surface area (Å²) in [5, 5.41) is 11.2. The number of aromatic nitrogens is 3. The number of carbonyl (C=O) groups excluding carboxylic acids is 4. The average Bonchev–Trinajstić information content (AvgIpc) is 3.73. The summed E-state index contributed by atoms with van der Waals surface area (Å²) in [7, 11) is 0. The summed E-state index contributed by atoms with van der Waals surface area (Å²) in [5.41, 5.74) is 7.27. The monoisotopic (exact) mass is 791 g/mol. The van der Waals surface area contributed by atoms with Gasteiger partial charge in [0.25, 0.3) is 11.8 Å². The van der Waals surface area contributed by atoms with Gasteiger partial charge in [0.1, 0.15) is 28.9 Å². The zero-order valence-corrected chi connectivity index (χ0v) is 33.4. The van der Waals surface area contributed by atoms with Crippen molar-refractivity contribution < 1.29 is 23.9 Å². The first-order valence-corrected chi connectivity index (χ1v) is 21.2. The van der Waals surface area contributed by atoms with Crippen LogP contribution in [0.1, 0.15) is 90.1 Å². The zero-order chi connectivity index (χ0) is 40.3. The number of aromatic amines is 1. The standard InChI is InChI=1S/C47H49N7O5/c1-47(17-18-47)59-35-7-9-39-38(28-35)43(51-50-39)33-12-19-48-41(26-33)53-22-15-32(16-23-53)25-30-4-2-29(3-5-30)24-31-13-20-52(21-14-31)34-6-8-36-37(27-34)46(58)54(45(36)57)40-10-11-42(55)49-44(40)56/h2-9,12,19,26-28,31-32,40H,10-11,13-18,20-25H2,1H3,(H,50,51)(H,49,55,56). The number of benzene rings is 3. The highest BCUT2D eigenvalue weighted by molar-refractivity contribution is 6.23. The van der Waals surface area contributed by atoms with Crippen molar-refractivity contribution in [1.82, 2.24) is 25.4 Å². The topological polar surface area (TPSA) is 141 Å². The molecular weight excluding hydrogens is 743 g/mol. The lowest BCUT2D eigenvalue weighted by atomic mass is 9.87. The molecule has 3 aromatic carbocycles. The van der Waals surface area contributed by atoms with E-state index < -0.39 is 23.8 Å². The van der Waals surface area contributed by atoms with Crippen LogP contribution in [0.3, 0.4) is 0 Å². The van der Waals surface area contributed by atoms with Crippen molar-refractivity contribution in [2.75, 3.05) is 36.0 Å². The predicted octanol–water partition coefficient (Wildman–Crippen LogP) is 6.88. The Kier molecular flexibility index (Phi) is 9.45. The third-order valence-corrected chi connectivity index (χ3v) is 13.3. The van der Waals surface area contributed by atoms with E-state index in [2.05, 4.69) is 74.7 Å². The van der Waals surface area contributed by atoms with Gasteiger partial charge in [0, 0.05) is 55.4 Å². The number of H-pyrrole nitrogens is 1. The molecule has 1 aliphatic carbocycles. The van der Waals surface area contributed by atoms with E-state index in [1.54, 1.807) is 12.1 Å². The fraction of sp³-hybridized carbons (Fsp3) is 0.404. The number of piperidine rings is 3. The molecular formula is C47H49N7O5. The minimum absolute atomic E-state index is 0.0312. The van der Waals surface area contributed by atoms with E-state index >= 15 is 0 Å². The van der Waals surface area contributed by atoms with Gasteiger partial charge in [-0.15, -0.1) is 0 Å². The first-order valence-electron chi connectivity index (χ1n) is 21.2. The summed E-state index contributed by atoms with van der Waals surface area (Å²) in [5.74, 6) is 1.19. The molecule has 12 nitrogen and oxygen atoms in total. The molecule has 10 rings (SSSR count). The lowest BCUT2D eigenvalue weighted by molar-refractivity contribution is -0.136. The Morgan fingerprint density at radius 2 is 1.42 bits per heavy atom. The Bertz CT molecular complexity index is 2460. The Labute approximate surface area is 343 Å². The molecule has 3 saturated heterocycles. The molecule has 4 aliphatic heterocycles. The molecule has 12 heteroatoms. The van der Waals surface area contributed by atoms with Crippen LogP contribution in [0, 0.1) is 11.8 Å². The van der Waals surface area contributed by atoms with Crippen LogP contribution in [-0.4, -0.2) is 81.5 Å². The molecule has 0 spiro atoms. The fourth-order valence-electron chi connectivity index (χ4n) is 9.47. The number of ether oxygens (including phenoxy) is 1. The summed E-state index contributed by atoms with van der Waals surface area (Å²) in [6.07, 6.45) is 10.8. The second-order valence-electron chi connectivity index (χ2n) is 17.5. The van der Waals surface area contributed by atoms with Crippen LogP contribution in [0.25, 0.3) is 22.2 Å². The van der Waals surface area contributed by atoms with Crippen LogP contribution in [0.15, 0.2) is 79.0 Å². The number of anilines is 2. The van der Waals surface area contributed by atoms with Crippen LogP contribution in [0.2, 0.25) is 0 Å². The van der Waals surface area contributed by atoms with Gasteiger partial charge in [0.05, 0.1) is 16.6 Å². The first kappa shape index (κ1) is 37.2. The van der Waals surface area contributed by atoms with Gasteiger partial charge >= 0.3 is 0 Å². The third kappa shape index (κ3) is 7.45. The van der Waals surface area contributed by atoms with Gasteiger partial charge in [-0.3, -0.25) is 34.5 Å². The van der Waals surface area contributed by atoms with E-state index in [1.807, 2.05) is 24.4 Å². The van der Waals surface area contributed by atoms with Crippen LogP contribution >= 0.6 is 0 Å². The molecule has 302 valence electrons. The highest BCUT2D eigenvalue weighted by Crippen LogP contribution is 2.41. The number of rotatable bonds is 10. The summed E-state index contributed by atoms with van der Waals surface area (Å²) in [6.45, 7) is 5.87. The quantitative estimate of drug-likeness (QED) is 0.145. The number of fused-ring (bicyclic) bond motifs is 2. The van der Waals surface area contributed by atoms with E-state index in [1.165, 1.54) is 11.1 Å². The first-order chi connectivity index (χ1) is 28.7. The van der Waals surface area contributed by atoms with E-state index in [0.29, 0.717) is 23.0 Å². The fourth-order valence-corrected chi connectivity index (χ4v) is 9.47. The molecule has 6 heterocycles. The van der Waals surface area contributed by atoms with Gasteiger partial charge < -0.3 is 14.5 Å². The molecule has 59 heavy (non-hydrogen) atoms. The second kappa shape index (κ2) is 15.0. The number of nitrogens with zero attached hydrogens (tertiary/aromatic N) is 5. The number of amides is 4. The zero-order valence-electron chi connectivity index (χ0n) is 33.4. The highest BCUT2D eigenvalue weighted by Gasteiger charge is 2.45. The van der Waals surface area contributed by atoms with E-state index in [9.17, 15) is 19.2 Å². The summed E-state index contributed by atoms with van der Waals surface area (Å²) < 4.78 is 6.25. The maximum Gasteiger partial charge on any atom is 0.262 e. The number of nitrogens with one attached hydrogen (secondary N) is 2. The van der Waals surface area contributed by atoms with Gasteiger partial charge in [-0.1, -0.05) is 24.3 Å². The third-order valence-electron chi connectivity index (χ3n) is 13.3. The van der Waals surface area contributed by atoms with Gasteiger partial charge in [-0.2, -0.15) is 5.10 Å². The maximum absolute atomic E-state index is 13.3. The molecule has 0 radical (unpaired) electrons. The van der Waals surface area contributed by atoms with Crippen LogP contribution in [0.4, 0.5) is 11.5 Å². The Balaban J connectivity index is 0.700. The average molecular weight is 792 g/mol. The molecule has 2 aromatic heterocycles. The molecule has 1 atom stereocenters. The van der Waals surface area contributed by atoms with Crippen molar-refractivity contribution in [3.05, 3.63) is 101 Å². The lowest BCUT2D eigenvalue weighted by Crippen LogP contribution is -2.54. The number of pyridine rings is 1. The molecule has 1 unspecified atom stereocenters. The van der Waals surface area contributed by atoms with Crippen molar-refractivity contribution in [2.45, 2.75) is 82.8 Å². The molecule has 0 bridgehead atoms. The van der Waals surface area contributed by atoms with E-state index in [-0.39, 0.29) is 24.3 Å². The van der Waals surface area contributed by atoms with Gasteiger partial charge in [0.2, 0.25) is 11.8 Å². The molecule has 4 fully saturated rings. The van der Waals surface area contributed by atoms with E-state index in [4.69, 9.17) is 9.72 Å². The second-order valence-corrected chi connectivity index (χ2v) is 17.5. The predicted molar refractivity (Wildman–Crippen MR) is 224 cm³/mol. The van der Waals surface area contributed by atoms with Crippen molar-refractivity contribution in [2.24, 2.45) is 11.8 Å². The number of hydrogen-bond acceptors (Lipinski definition) is 9. The SMILES string of the molecule is CC1(Oc2ccc3[nH]nc(-c4ccnc(N5CCC(Cc6ccc(CC7CCN(c8ccc9c(c8)C(=O)N(C8CCC(=O)NC8=O)C9=O)CC7)cc6)CC5)c4)c3c2)CC1. The Hall–Kier alpha value is -6.04. The number of imide groups is 2. The number of hydrogen-bond donors (Lipinski definition) is 2. The Morgan fingerprint density at radius 3 is 2.10 bits per heavy atom. The van der Waals surface area contributed by atoms with Crippen LogP contribution in [0.5, 0.6) is 5.75 Å². The van der Waals surface area contributed by atoms with Crippen molar-refractivity contribution in [3.8, 4) is 17.0 Å². The normalized spacial score (nSPS) is 21.0. The van der Waals surface area contributed by atoms with Gasteiger partial charge in [0.15, 0.2) is 0 Å². The molecule has 5 aromatic rings. The molecule has 5 aliphatic rings. The van der Waals surface area contributed by atoms with Gasteiger partial charge in [-0.25, -0.2) is 4.98 Å². The minimum atomic E-state index is -0.957.